The second-order valence-electron chi connectivity index (χ2n) is 6.66. The van der Waals surface area contributed by atoms with Crippen LogP contribution in [0, 0.1) is 6.92 Å². The third-order valence-electron chi connectivity index (χ3n) is 4.49. The molecule has 0 saturated carbocycles. The van der Waals surface area contributed by atoms with Crippen LogP contribution in [0.15, 0.2) is 58.8 Å². The van der Waals surface area contributed by atoms with Crippen LogP contribution in [0.2, 0.25) is 0 Å². The number of carbonyl (C=O) groups excluding carboxylic acids is 1. The largest absolute Gasteiger partial charge is 0.298 e. The molecule has 31 heavy (non-hydrogen) atoms. The van der Waals surface area contributed by atoms with Crippen molar-refractivity contribution in [2.75, 3.05) is 30.2 Å². The van der Waals surface area contributed by atoms with Gasteiger partial charge in [0, 0.05) is 41.4 Å². The number of alkyl halides is 2. The maximum Gasteiger partial charge on any atom is 0.257 e. The molecule has 1 amide bonds. The Bertz CT molecular complexity index is 1130. The van der Waals surface area contributed by atoms with Crippen LogP contribution in [0.25, 0.3) is 11.3 Å². The standard InChI is InChI=1S/C21H21Cl2N3O3S2/c1-15-2-4-16(5-3-15)19-14-30-21(24-19)25-20(27)17-6-8-18(9-7-17)31(28,29)26(12-10-22)13-11-23/h2-9,14H,10-13H2,1H3,(H,24,25,27). The molecule has 0 spiro atoms. The molecule has 6 nitrogen and oxygen atoms in total. The number of aryl methyl sites for hydroxylation is 1. The molecule has 164 valence electrons. The molecule has 0 unspecified atom stereocenters. The van der Waals surface area contributed by atoms with Crippen LogP contribution in [0.1, 0.15) is 15.9 Å². The predicted octanol–water partition coefficient (Wildman–Crippen LogP) is 4.84. The van der Waals surface area contributed by atoms with E-state index in [9.17, 15) is 13.2 Å². The van der Waals surface area contributed by atoms with E-state index in [-0.39, 0.29) is 35.7 Å². The number of nitrogens with one attached hydrogen (secondary N) is 1. The highest BCUT2D eigenvalue weighted by Gasteiger charge is 2.23. The minimum atomic E-state index is -3.73. The minimum Gasteiger partial charge on any atom is -0.298 e. The van der Waals surface area contributed by atoms with Gasteiger partial charge in [-0.2, -0.15) is 4.31 Å². The van der Waals surface area contributed by atoms with E-state index in [0.29, 0.717) is 10.7 Å². The molecule has 3 aromatic rings. The molecule has 0 saturated heterocycles. The Balaban J connectivity index is 1.71. The summed E-state index contributed by atoms with van der Waals surface area (Å²) in [6, 6.07) is 13.7. The zero-order valence-electron chi connectivity index (χ0n) is 16.7. The fourth-order valence-corrected chi connectivity index (χ4v) is 5.59. The Morgan fingerprint density at radius 3 is 2.23 bits per heavy atom. The zero-order valence-corrected chi connectivity index (χ0v) is 19.9. The summed E-state index contributed by atoms with van der Waals surface area (Å²) in [5.41, 5.74) is 3.23. The van der Waals surface area contributed by atoms with Crippen molar-refractivity contribution in [3.05, 3.63) is 65.0 Å². The molecular formula is C21H21Cl2N3O3S2. The van der Waals surface area contributed by atoms with Crippen molar-refractivity contribution in [3.8, 4) is 11.3 Å². The van der Waals surface area contributed by atoms with Crippen LogP contribution in [0.3, 0.4) is 0 Å². The zero-order chi connectivity index (χ0) is 22.4. The molecule has 0 atom stereocenters. The third-order valence-corrected chi connectivity index (χ3v) is 7.50. The van der Waals surface area contributed by atoms with Crippen molar-refractivity contribution in [2.45, 2.75) is 11.8 Å². The van der Waals surface area contributed by atoms with Crippen LogP contribution in [-0.2, 0) is 10.0 Å². The molecule has 0 aliphatic heterocycles. The summed E-state index contributed by atoms with van der Waals surface area (Å²) in [7, 11) is -3.73. The number of anilines is 1. The highest BCUT2D eigenvalue weighted by Crippen LogP contribution is 2.25. The maximum absolute atomic E-state index is 12.7. The average Bonchev–Trinajstić information content (AvgIpc) is 3.22. The fourth-order valence-electron chi connectivity index (χ4n) is 2.83. The highest BCUT2D eigenvalue weighted by molar-refractivity contribution is 7.89. The summed E-state index contributed by atoms with van der Waals surface area (Å²) in [5.74, 6) is -0.0450. The highest BCUT2D eigenvalue weighted by atomic mass is 35.5. The van der Waals surface area contributed by atoms with Crippen LogP contribution in [0.5, 0.6) is 0 Å². The van der Waals surface area contributed by atoms with Crippen molar-refractivity contribution in [1.82, 2.24) is 9.29 Å². The van der Waals surface area contributed by atoms with Gasteiger partial charge in [0.25, 0.3) is 5.91 Å². The van der Waals surface area contributed by atoms with Gasteiger partial charge in [-0.15, -0.1) is 34.5 Å². The molecule has 2 aromatic carbocycles. The summed E-state index contributed by atoms with van der Waals surface area (Å²) in [6.45, 7) is 2.33. The van der Waals surface area contributed by atoms with Gasteiger partial charge in [-0.05, 0) is 31.2 Å². The van der Waals surface area contributed by atoms with Gasteiger partial charge in [0.05, 0.1) is 10.6 Å². The predicted molar refractivity (Wildman–Crippen MR) is 127 cm³/mol. The number of amides is 1. The van der Waals surface area contributed by atoms with E-state index in [0.717, 1.165) is 16.8 Å². The molecule has 1 N–H and O–H groups in total. The molecular weight excluding hydrogens is 477 g/mol. The number of hydrogen-bond donors (Lipinski definition) is 1. The summed E-state index contributed by atoms with van der Waals surface area (Å²) in [4.78, 5) is 17.1. The molecule has 0 fully saturated rings. The van der Waals surface area contributed by atoms with Crippen molar-refractivity contribution in [2.24, 2.45) is 0 Å². The van der Waals surface area contributed by atoms with E-state index in [4.69, 9.17) is 23.2 Å². The molecule has 1 heterocycles. The number of benzene rings is 2. The van der Waals surface area contributed by atoms with Crippen LogP contribution >= 0.6 is 34.5 Å². The van der Waals surface area contributed by atoms with Crippen LogP contribution in [-0.4, -0.2) is 48.5 Å². The topological polar surface area (TPSA) is 79.4 Å². The van der Waals surface area contributed by atoms with E-state index < -0.39 is 10.0 Å². The second-order valence-corrected chi connectivity index (χ2v) is 10.2. The minimum absolute atomic E-state index is 0.0789. The quantitative estimate of drug-likeness (QED) is 0.429. The van der Waals surface area contributed by atoms with E-state index in [1.165, 1.54) is 39.9 Å². The molecule has 0 aliphatic carbocycles. The maximum atomic E-state index is 12.7. The number of carbonyl (C=O) groups is 1. The SMILES string of the molecule is Cc1ccc(-c2csc(NC(=O)c3ccc(S(=O)(=O)N(CCCl)CCCl)cc3)n2)cc1. The summed E-state index contributed by atoms with van der Waals surface area (Å²) >= 11 is 12.7. The molecule has 1 aromatic heterocycles. The molecule has 0 aliphatic rings. The number of nitrogens with zero attached hydrogens (tertiary/aromatic N) is 2. The Kier molecular flexibility index (Phi) is 8.07. The average molecular weight is 498 g/mol. The van der Waals surface area contributed by atoms with Crippen molar-refractivity contribution in [1.29, 1.82) is 0 Å². The van der Waals surface area contributed by atoms with Gasteiger partial charge in [-0.3, -0.25) is 10.1 Å². The number of rotatable bonds is 9. The smallest absolute Gasteiger partial charge is 0.257 e. The first-order valence-electron chi connectivity index (χ1n) is 9.41. The Labute approximate surface area is 195 Å². The van der Waals surface area contributed by atoms with Crippen molar-refractivity contribution < 1.29 is 13.2 Å². The number of halogens is 2. The monoisotopic (exact) mass is 497 g/mol. The summed E-state index contributed by atoms with van der Waals surface area (Å²) < 4.78 is 26.7. The normalized spacial score (nSPS) is 11.6. The van der Waals surface area contributed by atoms with Crippen molar-refractivity contribution >= 4 is 55.6 Å². The number of hydrogen-bond acceptors (Lipinski definition) is 5. The number of sulfonamides is 1. The van der Waals surface area contributed by atoms with E-state index in [1.807, 2.05) is 36.6 Å². The third kappa shape index (κ3) is 5.84. The first-order valence-corrected chi connectivity index (χ1v) is 12.8. The fraction of sp³-hybridized carbons (Fsp3) is 0.238. The number of aromatic nitrogens is 1. The first-order chi connectivity index (χ1) is 14.8. The molecule has 3 rings (SSSR count). The van der Waals surface area contributed by atoms with Gasteiger partial charge in [0.2, 0.25) is 10.0 Å². The lowest BCUT2D eigenvalue weighted by Crippen LogP contribution is -2.34. The summed E-state index contributed by atoms with van der Waals surface area (Å²) in [5, 5.41) is 5.09. The van der Waals surface area contributed by atoms with Gasteiger partial charge in [-0.25, -0.2) is 13.4 Å². The van der Waals surface area contributed by atoms with E-state index in [1.54, 1.807) is 0 Å². The summed E-state index contributed by atoms with van der Waals surface area (Å²) in [6.07, 6.45) is 0. The van der Waals surface area contributed by atoms with Crippen molar-refractivity contribution in [3.63, 3.8) is 0 Å². The lowest BCUT2D eigenvalue weighted by molar-refractivity contribution is 0.102. The Morgan fingerprint density at radius 1 is 1.03 bits per heavy atom. The van der Waals surface area contributed by atoms with E-state index in [2.05, 4.69) is 10.3 Å². The van der Waals surface area contributed by atoms with E-state index >= 15 is 0 Å². The number of thiazole rings is 1. The van der Waals surface area contributed by atoms with Crippen LogP contribution < -0.4 is 5.32 Å². The van der Waals surface area contributed by atoms with Gasteiger partial charge in [0.15, 0.2) is 5.13 Å². The second kappa shape index (κ2) is 10.6. The van der Waals surface area contributed by atoms with Gasteiger partial charge >= 0.3 is 0 Å². The lowest BCUT2D eigenvalue weighted by atomic mass is 10.1. The first kappa shape index (κ1) is 23.7. The molecule has 0 bridgehead atoms. The Hall–Kier alpha value is -1.97. The van der Waals surface area contributed by atoms with Crippen LogP contribution in [0.4, 0.5) is 5.13 Å². The molecule has 10 heteroatoms. The lowest BCUT2D eigenvalue weighted by Gasteiger charge is -2.20. The van der Waals surface area contributed by atoms with Gasteiger partial charge in [0.1, 0.15) is 0 Å². The van der Waals surface area contributed by atoms with Gasteiger partial charge < -0.3 is 0 Å². The molecule has 0 radical (unpaired) electrons. The van der Waals surface area contributed by atoms with Gasteiger partial charge in [-0.1, -0.05) is 29.8 Å². The Morgan fingerprint density at radius 2 is 1.65 bits per heavy atom.